The van der Waals surface area contributed by atoms with E-state index in [1.165, 1.54) is 0 Å². The molecule has 1 atom stereocenters. The number of carbonyl (C=O) groups is 2. The highest BCUT2D eigenvalue weighted by molar-refractivity contribution is 5.88. The molecule has 1 aliphatic rings. The number of rotatable bonds is 3. The van der Waals surface area contributed by atoms with Crippen LogP contribution < -0.4 is 11.1 Å². The lowest BCUT2D eigenvalue weighted by Crippen LogP contribution is -2.45. The molecule has 1 aromatic carbocycles. The van der Waals surface area contributed by atoms with E-state index >= 15 is 0 Å². The highest BCUT2D eigenvalue weighted by atomic mass is 35.5. The van der Waals surface area contributed by atoms with E-state index in [0.29, 0.717) is 18.7 Å². The summed E-state index contributed by atoms with van der Waals surface area (Å²) in [6.45, 7) is 0.659. The first kappa shape index (κ1) is 16.3. The first-order valence-corrected chi connectivity index (χ1v) is 6.47. The molecular weight excluding hydrogens is 278 g/mol. The second-order valence-electron chi connectivity index (χ2n) is 4.78. The van der Waals surface area contributed by atoms with Crippen LogP contribution in [0.3, 0.4) is 0 Å². The number of nitrogens with one attached hydrogen (secondary N) is 1. The highest BCUT2D eigenvalue weighted by Gasteiger charge is 2.33. The molecule has 0 spiro atoms. The lowest BCUT2D eigenvalue weighted by molar-refractivity contribution is -0.137. The van der Waals surface area contributed by atoms with Gasteiger partial charge < -0.3 is 16.0 Å². The van der Waals surface area contributed by atoms with Gasteiger partial charge in [-0.1, -0.05) is 12.1 Å². The number of benzene rings is 1. The zero-order chi connectivity index (χ0) is 13.8. The molecule has 3 N–H and O–H groups in total. The number of nitrogen functional groups attached to an aromatic ring is 1. The summed E-state index contributed by atoms with van der Waals surface area (Å²) in [5, 5.41) is 2.61. The van der Waals surface area contributed by atoms with E-state index in [0.717, 1.165) is 18.4 Å². The SMILES string of the molecule is CNC(=O)C1CCCN1C(=O)Cc1ccc(N)cc1.Cl. The molecule has 110 valence electrons. The molecule has 1 aliphatic heterocycles. The monoisotopic (exact) mass is 297 g/mol. The van der Waals surface area contributed by atoms with Crippen LogP contribution in [0.4, 0.5) is 5.69 Å². The number of halogens is 1. The zero-order valence-electron chi connectivity index (χ0n) is 11.5. The summed E-state index contributed by atoms with van der Waals surface area (Å²) in [5.41, 5.74) is 7.21. The van der Waals surface area contributed by atoms with Gasteiger partial charge in [0.1, 0.15) is 6.04 Å². The van der Waals surface area contributed by atoms with Crippen LogP contribution >= 0.6 is 12.4 Å². The van der Waals surface area contributed by atoms with Crippen LogP contribution in [-0.2, 0) is 16.0 Å². The van der Waals surface area contributed by atoms with Crippen LogP contribution in [0.5, 0.6) is 0 Å². The zero-order valence-corrected chi connectivity index (χ0v) is 12.3. The van der Waals surface area contributed by atoms with Crippen LogP contribution in [-0.4, -0.2) is 36.3 Å². The Morgan fingerprint density at radius 1 is 1.35 bits per heavy atom. The minimum Gasteiger partial charge on any atom is -0.399 e. The lowest BCUT2D eigenvalue weighted by atomic mass is 10.1. The van der Waals surface area contributed by atoms with Gasteiger partial charge in [0, 0.05) is 19.3 Å². The van der Waals surface area contributed by atoms with Crippen molar-refractivity contribution in [1.82, 2.24) is 10.2 Å². The molecular formula is C14H20ClN3O2. The van der Waals surface area contributed by atoms with Crippen molar-refractivity contribution in [2.45, 2.75) is 25.3 Å². The van der Waals surface area contributed by atoms with Gasteiger partial charge in [0.2, 0.25) is 11.8 Å². The molecule has 1 fully saturated rings. The Bertz CT molecular complexity index is 476. The van der Waals surface area contributed by atoms with Crippen LogP contribution in [0.1, 0.15) is 18.4 Å². The fourth-order valence-electron chi connectivity index (χ4n) is 2.42. The number of nitrogens with two attached hydrogens (primary N) is 1. The number of hydrogen-bond acceptors (Lipinski definition) is 3. The van der Waals surface area contributed by atoms with Gasteiger partial charge >= 0.3 is 0 Å². The van der Waals surface area contributed by atoms with E-state index in [-0.39, 0.29) is 30.3 Å². The number of nitrogens with zero attached hydrogens (tertiary/aromatic N) is 1. The van der Waals surface area contributed by atoms with E-state index in [1.54, 1.807) is 24.1 Å². The molecule has 1 unspecified atom stereocenters. The van der Waals surface area contributed by atoms with Crippen molar-refractivity contribution in [3.8, 4) is 0 Å². The molecule has 0 aliphatic carbocycles. The summed E-state index contributed by atoms with van der Waals surface area (Å²) in [6.07, 6.45) is 1.94. The van der Waals surface area contributed by atoms with E-state index < -0.39 is 0 Å². The first-order chi connectivity index (χ1) is 9.11. The molecule has 2 rings (SSSR count). The first-order valence-electron chi connectivity index (χ1n) is 6.47. The van der Waals surface area contributed by atoms with Crippen LogP contribution in [0, 0.1) is 0 Å². The molecule has 0 bridgehead atoms. The Hall–Kier alpha value is -1.75. The highest BCUT2D eigenvalue weighted by Crippen LogP contribution is 2.19. The van der Waals surface area contributed by atoms with Gasteiger partial charge in [-0.15, -0.1) is 12.4 Å². The van der Waals surface area contributed by atoms with E-state index in [9.17, 15) is 9.59 Å². The lowest BCUT2D eigenvalue weighted by Gasteiger charge is -2.23. The topological polar surface area (TPSA) is 75.4 Å². The van der Waals surface area contributed by atoms with Crippen molar-refractivity contribution in [3.63, 3.8) is 0 Å². The van der Waals surface area contributed by atoms with Crippen molar-refractivity contribution in [2.24, 2.45) is 0 Å². The molecule has 6 heteroatoms. The molecule has 1 saturated heterocycles. The Balaban J connectivity index is 0.00000200. The van der Waals surface area contributed by atoms with Crippen LogP contribution in [0.15, 0.2) is 24.3 Å². The van der Waals surface area contributed by atoms with Gasteiger partial charge in [-0.2, -0.15) is 0 Å². The van der Waals surface area contributed by atoms with Crippen LogP contribution in [0.25, 0.3) is 0 Å². The van der Waals surface area contributed by atoms with Crippen LogP contribution in [0.2, 0.25) is 0 Å². The number of likely N-dealkylation sites (N-methyl/N-ethyl adjacent to an activating group) is 1. The third kappa shape index (κ3) is 3.63. The van der Waals surface area contributed by atoms with Crippen molar-refractivity contribution in [2.75, 3.05) is 19.3 Å². The Morgan fingerprint density at radius 3 is 2.60 bits per heavy atom. The molecule has 5 nitrogen and oxygen atoms in total. The Labute approximate surface area is 124 Å². The molecule has 0 saturated carbocycles. The summed E-state index contributed by atoms with van der Waals surface area (Å²) in [4.78, 5) is 25.6. The van der Waals surface area contributed by atoms with Gasteiger partial charge in [0.25, 0.3) is 0 Å². The fraction of sp³-hybridized carbons (Fsp3) is 0.429. The maximum atomic E-state index is 12.2. The predicted molar refractivity (Wildman–Crippen MR) is 80.6 cm³/mol. The summed E-state index contributed by atoms with van der Waals surface area (Å²) in [7, 11) is 1.60. The predicted octanol–water partition coefficient (Wildman–Crippen LogP) is 0.970. The molecule has 2 amide bonds. The molecule has 0 radical (unpaired) electrons. The third-order valence-corrected chi connectivity index (χ3v) is 3.46. The summed E-state index contributed by atoms with van der Waals surface area (Å²) < 4.78 is 0. The average Bonchev–Trinajstić information content (AvgIpc) is 2.90. The standard InChI is InChI=1S/C14H19N3O2.ClH/c1-16-14(19)12-3-2-8-17(12)13(18)9-10-4-6-11(15)7-5-10;/h4-7,12H,2-3,8-9,15H2,1H3,(H,16,19);1H. The normalized spacial score (nSPS) is 17.4. The average molecular weight is 298 g/mol. The largest absolute Gasteiger partial charge is 0.399 e. The Kier molecular flexibility index (Phi) is 5.82. The summed E-state index contributed by atoms with van der Waals surface area (Å²) in [6, 6.07) is 6.94. The van der Waals surface area contributed by atoms with Gasteiger partial charge in [0.05, 0.1) is 6.42 Å². The maximum Gasteiger partial charge on any atom is 0.242 e. The van der Waals surface area contributed by atoms with Gasteiger partial charge in [-0.25, -0.2) is 0 Å². The maximum absolute atomic E-state index is 12.2. The minimum atomic E-state index is -0.314. The van der Waals surface area contributed by atoms with Crippen molar-refractivity contribution < 1.29 is 9.59 Å². The number of anilines is 1. The minimum absolute atomic E-state index is 0. The van der Waals surface area contributed by atoms with Crippen molar-refractivity contribution in [1.29, 1.82) is 0 Å². The van der Waals surface area contributed by atoms with E-state index in [1.807, 2.05) is 12.1 Å². The second kappa shape index (κ2) is 7.14. The number of hydrogen-bond donors (Lipinski definition) is 2. The number of amides is 2. The summed E-state index contributed by atoms with van der Waals surface area (Å²) >= 11 is 0. The van der Waals surface area contributed by atoms with Gasteiger partial charge in [-0.3, -0.25) is 9.59 Å². The van der Waals surface area contributed by atoms with E-state index in [4.69, 9.17) is 5.73 Å². The smallest absolute Gasteiger partial charge is 0.242 e. The van der Waals surface area contributed by atoms with Gasteiger partial charge in [-0.05, 0) is 30.5 Å². The summed E-state index contributed by atoms with van der Waals surface area (Å²) in [5.74, 6) is -0.0842. The van der Waals surface area contributed by atoms with E-state index in [2.05, 4.69) is 5.32 Å². The molecule has 20 heavy (non-hydrogen) atoms. The number of carbonyl (C=O) groups excluding carboxylic acids is 2. The quantitative estimate of drug-likeness (QED) is 0.816. The fourth-order valence-corrected chi connectivity index (χ4v) is 2.42. The third-order valence-electron chi connectivity index (χ3n) is 3.46. The Morgan fingerprint density at radius 2 is 2.00 bits per heavy atom. The molecule has 1 aromatic rings. The van der Waals surface area contributed by atoms with Gasteiger partial charge in [0.15, 0.2) is 0 Å². The molecule has 0 aromatic heterocycles. The second-order valence-corrected chi connectivity index (χ2v) is 4.78. The van der Waals surface area contributed by atoms with Crippen molar-refractivity contribution >= 4 is 29.9 Å². The van der Waals surface area contributed by atoms with Crippen molar-refractivity contribution in [3.05, 3.63) is 29.8 Å². The molecule has 1 heterocycles. The number of likely N-dealkylation sites (tertiary alicyclic amines) is 1.